The van der Waals surface area contributed by atoms with Gasteiger partial charge in [-0.3, -0.25) is 4.98 Å². The lowest BCUT2D eigenvalue weighted by Crippen LogP contribution is -2.37. The highest BCUT2D eigenvalue weighted by molar-refractivity contribution is 7.91. The van der Waals surface area contributed by atoms with E-state index in [1.54, 1.807) is 18.6 Å². The van der Waals surface area contributed by atoms with E-state index in [0.717, 1.165) is 5.56 Å². The van der Waals surface area contributed by atoms with Gasteiger partial charge in [0.25, 0.3) is 0 Å². The Morgan fingerprint density at radius 3 is 2.92 bits per heavy atom. The predicted octanol–water partition coefficient (Wildman–Crippen LogP) is 0.892. The lowest BCUT2D eigenvalue weighted by Gasteiger charge is -2.26. The van der Waals surface area contributed by atoms with E-state index in [-0.39, 0.29) is 17.5 Å². The highest BCUT2D eigenvalue weighted by Crippen LogP contribution is 2.21. The molecule has 1 unspecified atom stereocenters. The van der Waals surface area contributed by atoms with Crippen LogP contribution in [0.25, 0.3) is 0 Å². The van der Waals surface area contributed by atoms with E-state index in [0.29, 0.717) is 31.3 Å². The van der Waals surface area contributed by atoms with Gasteiger partial charge in [-0.05, 0) is 25.0 Å². The normalized spacial score (nSPS) is 19.1. The Hall–Kier alpha value is -2.29. The first-order valence-electron chi connectivity index (χ1n) is 7.87. The Bertz CT molecular complexity index is 784. The molecule has 0 bridgehead atoms. The molecule has 3 heterocycles. The zero-order valence-electron chi connectivity index (χ0n) is 13.5. The first kappa shape index (κ1) is 16.6. The van der Waals surface area contributed by atoms with E-state index in [1.807, 2.05) is 24.0 Å². The molecule has 128 valence electrons. The standard InChI is InChI=1S/C15H20N6O2S/c1-2-21(13-5-7-24(22,23)11-13)15-19-14(10-18-20-15)17-9-12-4-3-6-16-8-12/h3-4,6,8,10,13H,2,5,7,9,11H2,1H3,(H,17,19,20). The zero-order valence-corrected chi connectivity index (χ0v) is 14.3. The maximum absolute atomic E-state index is 11.7. The molecule has 24 heavy (non-hydrogen) atoms. The first-order chi connectivity index (χ1) is 11.6. The van der Waals surface area contributed by atoms with Crippen LogP contribution in [0.5, 0.6) is 0 Å². The molecule has 0 saturated carbocycles. The molecule has 1 aliphatic heterocycles. The van der Waals surface area contributed by atoms with E-state index >= 15 is 0 Å². The molecule has 0 aliphatic carbocycles. The Labute approximate surface area is 141 Å². The summed E-state index contributed by atoms with van der Waals surface area (Å²) < 4.78 is 23.4. The second-order valence-corrected chi connectivity index (χ2v) is 7.93. The fourth-order valence-electron chi connectivity index (χ4n) is 2.78. The van der Waals surface area contributed by atoms with E-state index in [4.69, 9.17) is 0 Å². The lowest BCUT2D eigenvalue weighted by molar-refractivity contribution is 0.598. The van der Waals surface area contributed by atoms with Crippen molar-refractivity contribution >= 4 is 21.6 Å². The van der Waals surface area contributed by atoms with Crippen molar-refractivity contribution in [3.8, 4) is 0 Å². The fourth-order valence-corrected chi connectivity index (χ4v) is 4.51. The second kappa shape index (κ2) is 7.08. The summed E-state index contributed by atoms with van der Waals surface area (Å²) >= 11 is 0. The van der Waals surface area contributed by atoms with Crippen LogP contribution in [-0.2, 0) is 16.4 Å². The van der Waals surface area contributed by atoms with Gasteiger partial charge in [-0.25, -0.2) is 8.42 Å². The second-order valence-electron chi connectivity index (χ2n) is 5.70. The SMILES string of the molecule is CCN(c1nncc(NCc2cccnc2)n1)C1CCS(=O)(=O)C1. The average molecular weight is 348 g/mol. The van der Waals surface area contributed by atoms with E-state index in [1.165, 1.54) is 0 Å². The van der Waals surface area contributed by atoms with Crippen LogP contribution in [0.15, 0.2) is 30.7 Å². The minimum absolute atomic E-state index is 0.0876. The molecule has 1 atom stereocenters. The van der Waals surface area contributed by atoms with Crippen molar-refractivity contribution in [2.45, 2.75) is 25.9 Å². The van der Waals surface area contributed by atoms with Crippen LogP contribution in [0.3, 0.4) is 0 Å². The molecule has 1 saturated heterocycles. The first-order valence-corrected chi connectivity index (χ1v) is 9.69. The molecule has 1 aliphatic rings. The zero-order chi connectivity index (χ0) is 17.0. The van der Waals surface area contributed by atoms with Gasteiger partial charge in [-0.15, -0.1) is 5.10 Å². The number of hydrogen-bond acceptors (Lipinski definition) is 8. The Morgan fingerprint density at radius 2 is 2.25 bits per heavy atom. The molecule has 0 aromatic carbocycles. The third kappa shape index (κ3) is 3.97. The molecule has 8 nitrogen and oxygen atoms in total. The van der Waals surface area contributed by atoms with Crippen molar-refractivity contribution in [3.05, 3.63) is 36.3 Å². The summed E-state index contributed by atoms with van der Waals surface area (Å²) in [5.74, 6) is 1.43. The minimum atomic E-state index is -2.96. The summed E-state index contributed by atoms with van der Waals surface area (Å²) in [6.07, 6.45) is 5.67. The number of nitrogens with zero attached hydrogens (tertiary/aromatic N) is 5. The number of aromatic nitrogens is 4. The average Bonchev–Trinajstić information content (AvgIpc) is 2.95. The van der Waals surface area contributed by atoms with Crippen LogP contribution < -0.4 is 10.2 Å². The molecular weight excluding hydrogens is 328 g/mol. The van der Waals surface area contributed by atoms with Crippen LogP contribution in [0, 0.1) is 0 Å². The van der Waals surface area contributed by atoms with E-state index in [9.17, 15) is 8.42 Å². The Kier molecular flexibility index (Phi) is 4.89. The van der Waals surface area contributed by atoms with Gasteiger partial charge in [0.1, 0.15) is 0 Å². The highest BCUT2D eigenvalue weighted by Gasteiger charge is 2.33. The summed E-state index contributed by atoms with van der Waals surface area (Å²) in [5, 5.41) is 11.3. The summed E-state index contributed by atoms with van der Waals surface area (Å²) in [5.41, 5.74) is 1.03. The smallest absolute Gasteiger partial charge is 0.247 e. The van der Waals surface area contributed by atoms with E-state index in [2.05, 4.69) is 25.5 Å². The van der Waals surface area contributed by atoms with Crippen molar-refractivity contribution in [2.75, 3.05) is 28.3 Å². The summed E-state index contributed by atoms with van der Waals surface area (Å²) in [6, 6.07) is 3.76. The van der Waals surface area contributed by atoms with Crippen LogP contribution in [0.2, 0.25) is 0 Å². The van der Waals surface area contributed by atoms with Gasteiger partial charge in [0.05, 0.1) is 17.7 Å². The molecule has 0 amide bonds. The Morgan fingerprint density at radius 1 is 1.38 bits per heavy atom. The van der Waals surface area contributed by atoms with Gasteiger partial charge < -0.3 is 10.2 Å². The largest absolute Gasteiger partial charge is 0.364 e. The maximum atomic E-state index is 11.7. The van der Waals surface area contributed by atoms with Crippen molar-refractivity contribution in [1.29, 1.82) is 0 Å². The monoisotopic (exact) mass is 348 g/mol. The topological polar surface area (TPSA) is 101 Å². The van der Waals surface area contributed by atoms with Gasteiger partial charge in [0, 0.05) is 31.5 Å². The highest BCUT2D eigenvalue weighted by atomic mass is 32.2. The minimum Gasteiger partial charge on any atom is -0.364 e. The van der Waals surface area contributed by atoms with E-state index < -0.39 is 9.84 Å². The predicted molar refractivity (Wildman–Crippen MR) is 91.5 cm³/mol. The number of hydrogen-bond donors (Lipinski definition) is 1. The molecule has 2 aromatic heterocycles. The summed E-state index contributed by atoms with van der Waals surface area (Å²) in [4.78, 5) is 10.5. The summed E-state index contributed by atoms with van der Waals surface area (Å²) in [7, 11) is -2.96. The number of rotatable bonds is 6. The Balaban J connectivity index is 1.71. The van der Waals surface area contributed by atoms with Crippen molar-refractivity contribution in [1.82, 2.24) is 20.2 Å². The number of anilines is 2. The quantitative estimate of drug-likeness (QED) is 0.821. The number of pyridine rings is 1. The molecule has 1 fully saturated rings. The van der Waals surface area contributed by atoms with Crippen LogP contribution in [0.1, 0.15) is 18.9 Å². The molecule has 0 spiro atoms. The van der Waals surface area contributed by atoms with Gasteiger partial charge >= 0.3 is 0 Å². The fraction of sp³-hybridized carbons (Fsp3) is 0.467. The van der Waals surface area contributed by atoms with Crippen LogP contribution in [-0.4, -0.2) is 52.7 Å². The summed E-state index contributed by atoms with van der Waals surface area (Å²) in [6.45, 7) is 3.17. The van der Waals surface area contributed by atoms with Gasteiger partial charge in [-0.2, -0.15) is 10.1 Å². The third-order valence-electron chi connectivity index (χ3n) is 3.99. The maximum Gasteiger partial charge on any atom is 0.247 e. The van der Waals surface area contributed by atoms with Crippen molar-refractivity contribution < 1.29 is 8.42 Å². The molecule has 2 aromatic rings. The lowest BCUT2D eigenvalue weighted by atomic mass is 10.2. The molecule has 1 N–H and O–H groups in total. The van der Waals surface area contributed by atoms with Crippen molar-refractivity contribution in [2.24, 2.45) is 0 Å². The molecular formula is C15H20N6O2S. The third-order valence-corrected chi connectivity index (χ3v) is 5.74. The van der Waals surface area contributed by atoms with Gasteiger partial charge in [0.2, 0.25) is 5.95 Å². The van der Waals surface area contributed by atoms with Gasteiger partial charge in [0.15, 0.2) is 15.7 Å². The number of nitrogens with one attached hydrogen (secondary N) is 1. The molecule has 9 heteroatoms. The van der Waals surface area contributed by atoms with Crippen LogP contribution in [0.4, 0.5) is 11.8 Å². The molecule has 3 rings (SSSR count). The van der Waals surface area contributed by atoms with Gasteiger partial charge in [-0.1, -0.05) is 6.07 Å². The number of sulfone groups is 1. The molecule has 0 radical (unpaired) electrons. The van der Waals surface area contributed by atoms with Crippen molar-refractivity contribution in [3.63, 3.8) is 0 Å². The van der Waals surface area contributed by atoms with Crippen LogP contribution >= 0.6 is 0 Å².